The number of hydrogen-bond donors (Lipinski definition) is 1. The zero-order valence-corrected chi connectivity index (χ0v) is 8.37. The normalized spacial score (nSPS) is 14.2. The van der Waals surface area contributed by atoms with Gasteiger partial charge in [-0.05, 0) is 37.9 Å². The molecule has 1 aliphatic carbocycles. The van der Waals surface area contributed by atoms with Crippen molar-refractivity contribution in [2.45, 2.75) is 12.8 Å². The maximum Gasteiger partial charge on any atom is 0.165 e. The van der Waals surface area contributed by atoms with E-state index in [-0.39, 0.29) is 5.82 Å². The van der Waals surface area contributed by atoms with E-state index in [0.717, 1.165) is 0 Å². The first kappa shape index (κ1) is 11.0. The van der Waals surface area contributed by atoms with E-state index in [2.05, 4.69) is 5.73 Å². The van der Waals surface area contributed by atoms with Gasteiger partial charge in [-0.1, -0.05) is 12.1 Å². The minimum Gasteiger partial charge on any atom is -0.490 e. The van der Waals surface area contributed by atoms with Crippen molar-refractivity contribution in [1.82, 2.24) is 0 Å². The van der Waals surface area contributed by atoms with Gasteiger partial charge in [0.25, 0.3) is 0 Å². The van der Waals surface area contributed by atoms with Crippen molar-refractivity contribution in [2.24, 2.45) is 11.7 Å². The molecule has 0 saturated heterocycles. The van der Waals surface area contributed by atoms with Crippen LogP contribution in [0.2, 0.25) is 0 Å². The fourth-order valence-electron chi connectivity index (χ4n) is 1.05. The number of benzene rings is 1. The maximum absolute atomic E-state index is 12.9. The predicted molar refractivity (Wildman–Crippen MR) is 54.7 cm³/mol. The molecule has 1 saturated carbocycles. The van der Waals surface area contributed by atoms with Crippen LogP contribution in [-0.2, 0) is 0 Å². The zero-order valence-electron chi connectivity index (χ0n) is 8.37. The van der Waals surface area contributed by atoms with Crippen LogP contribution in [0, 0.1) is 11.7 Å². The first-order valence-corrected chi connectivity index (χ1v) is 4.81. The number of hydrogen-bond acceptors (Lipinski definition) is 2. The van der Waals surface area contributed by atoms with E-state index in [1.165, 1.54) is 26.0 Å². The predicted octanol–water partition coefficient (Wildman–Crippen LogP) is 2.19. The second kappa shape index (κ2) is 5.60. The zero-order chi connectivity index (χ0) is 10.4. The van der Waals surface area contributed by atoms with Gasteiger partial charge in [-0.15, -0.1) is 0 Å². The SMILES string of the molecule is CN.Fc1ccccc1OCC1CC1. The third-order valence-electron chi connectivity index (χ3n) is 2.01. The third kappa shape index (κ3) is 3.34. The summed E-state index contributed by atoms with van der Waals surface area (Å²) in [6, 6.07) is 6.53. The Bertz CT molecular complexity index is 274. The molecule has 0 spiro atoms. The Morgan fingerprint density at radius 2 is 2.00 bits per heavy atom. The lowest BCUT2D eigenvalue weighted by molar-refractivity contribution is 0.285. The minimum absolute atomic E-state index is 0.266. The van der Waals surface area contributed by atoms with Crippen molar-refractivity contribution in [2.75, 3.05) is 13.7 Å². The molecule has 0 aromatic heterocycles. The summed E-state index contributed by atoms with van der Waals surface area (Å²) in [4.78, 5) is 0. The Balaban J connectivity index is 0.000000461. The second-order valence-corrected chi connectivity index (χ2v) is 3.18. The Labute approximate surface area is 83.9 Å². The topological polar surface area (TPSA) is 35.2 Å². The van der Waals surface area contributed by atoms with E-state index >= 15 is 0 Å². The standard InChI is InChI=1S/C10H11FO.CH5N/c11-9-3-1-2-4-10(9)12-7-8-5-6-8;1-2/h1-4,8H,5-7H2;2H2,1H3. The lowest BCUT2D eigenvalue weighted by Crippen LogP contribution is -2.00. The lowest BCUT2D eigenvalue weighted by atomic mass is 10.3. The van der Waals surface area contributed by atoms with Crippen LogP contribution in [0.1, 0.15) is 12.8 Å². The Morgan fingerprint density at radius 3 is 2.57 bits per heavy atom. The summed E-state index contributed by atoms with van der Waals surface area (Å²) in [5.74, 6) is 0.784. The minimum atomic E-state index is -0.266. The largest absolute Gasteiger partial charge is 0.490 e. The summed E-state index contributed by atoms with van der Waals surface area (Å²) >= 11 is 0. The monoisotopic (exact) mass is 197 g/mol. The molecule has 2 N–H and O–H groups in total. The summed E-state index contributed by atoms with van der Waals surface area (Å²) in [6.45, 7) is 0.668. The van der Waals surface area contributed by atoms with Gasteiger partial charge in [0.15, 0.2) is 11.6 Å². The molecule has 3 heteroatoms. The Kier molecular flexibility index (Phi) is 4.40. The van der Waals surface area contributed by atoms with E-state index < -0.39 is 0 Å². The van der Waals surface area contributed by atoms with Gasteiger partial charge in [0, 0.05) is 0 Å². The van der Waals surface area contributed by atoms with E-state index in [4.69, 9.17) is 4.74 Å². The molecule has 1 aromatic rings. The number of rotatable bonds is 3. The highest BCUT2D eigenvalue weighted by atomic mass is 19.1. The fraction of sp³-hybridized carbons (Fsp3) is 0.455. The van der Waals surface area contributed by atoms with E-state index in [9.17, 15) is 4.39 Å². The van der Waals surface area contributed by atoms with Crippen molar-refractivity contribution < 1.29 is 9.13 Å². The van der Waals surface area contributed by atoms with Crippen LogP contribution in [0.5, 0.6) is 5.75 Å². The van der Waals surface area contributed by atoms with E-state index in [1.807, 2.05) is 0 Å². The number of halogens is 1. The molecule has 0 aliphatic heterocycles. The molecule has 0 radical (unpaired) electrons. The Hall–Kier alpha value is -1.09. The molecular weight excluding hydrogens is 181 g/mol. The molecule has 0 unspecified atom stereocenters. The first-order valence-electron chi connectivity index (χ1n) is 4.81. The van der Waals surface area contributed by atoms with Gasteiger partial charge in [0.2, 0.25) is 0 Å². The summed E-state index contributed by atoms with van der Waals surface area (Å²) in [5, 5.41) is 0. The molecule has 0 amide bonds. The van der Waals surface area contributed by atoms with Gasteiger partial charge >= 0.3 is 0 Å². The van der Waals surface area contributed by atoms with Crippen molar-refractivity contribution in [1.29, 1.82) is 0 Å². The first-order chi connectivity index (χ1) is 6.86. The summed E-state index contributed by atoms with van der Waals surface area (Å²) in [7, 11) is 1.50. The van der Waals surface area contributed by atoms with Crippen molar-refractivity contribution in [3.63, 3.8) is 0 Å². The fourth-order valence-corrected chi connectivity index (χ4v) is 1.05. The number of para-hydroxylation sites is 1. The molecule has 1 aromatic carbocycles. The second-order valence-electron chi connectivity index (χ2n) is 3.18. The average molecular weight is 197 g/mol. The highest BCUT2D eigenvalue weighted by Crippen LogP contribution is 2.29. The lowest BCUT2D eigenvalue weighted by Gasteiger charge is -2.04. The summed E-state index contributed by atoms with van der Waals surface area (Å²) in [5.41, 5.74) is 4.50. The van der Waals surface area contributed by atoms with Crippen molar-refractivity contribution in [3.05, 3.63) is 30.1 Å². The van der Waals surface area contributed by atoms with Crippen LogP contribution in [0.3, 0.4) is 0 Å². The van der Waals surface area contributed by atoms with Crippen LogP contribution >= 0.6 is 0 Å². The molecule has 14 heavy (non-hydrogen) atoms. The van der Waals surface area contributed by atoms with Crippen LogP contribution in [0.15, 0.2) is 24.3 Å². The number of nitrogens with two attached hydrogens (primary N) is 1. The molecular formula is C11H16FNO. The van der Waals surface area contributed by atoms with Gasteiger partial charge in [-0.3, -0.25) is 0 Å². The summed E-state index contributed by atoms with van der Waals surface area (Å²) < 4.78 is 18.2. The molecule has 2 nitrogen and oxygen atoms in total. The van der Waals surface area contributed by atoms with Gasteiger partial charge in [0.1, 0.15) is 0 Å². The van der Waals surface area contributed by atoms with Gasteiger partial charge < -0.3 is 10.5 Å². The molecule has 0 atom stereocenters. The van der Waals surface area contributed by atoms with Gasteiger partial charge in [-0.2, -0.15) is 0 Å². The van der Waals surface area contributed by atoms with Crippen LogP contribution in [-0.4, -0.2) is 13.7 Å². The van der Waals surface area contributed by atoms with Gasteiger partial charge in [-0.25, -0.2) is 4.39 Å². The highest BCUT2D eigenvalue weighted by Gasteiger charge is 2.22. The molecule has 1 fully saturated rings. The van der Waals surface area contributed by atoms with Gasteiger partial charge in [0.05, 0.1) is 6.61 Å². The number of ether oxygens (including phenoxy) is 1. The third-order valence-corrected chi connectivity index (χ3v) is 2.01. The van der Waals surface area contributed by atoms with Crippen molar-refractivity contribution >= 4 is 0 Å². The van der Waals surface area contributed by atoms with Crippen LogP contribution in [0.25, 0.3) is 0 Å². The quantitative estimate of drug-likeness (QED) is 0.806. The summed E-state index contributed by atoms with van der Waals surface area (Å²) in [6.07, 6.45) is 2.46. The molecule has 78 valence electrons. The van der Waals surface area contributed by atoms with Crippen LogP contribution < -0.4 is 10.5 Å². The maximum atomic E-state index is 12.9. The van der Waals surface area contributed by atoms with E-state index in [1.54, 1.807) is 18.2 Å². The molecule has 2 rings (SSSR count). The highest BCUT2D eigenvalue weighted by molar-refractivity contribution is 5.23. The van der Waals surface area contributed by atoms with Crippen LogP contribution in [0.4, 0.5) is 4.39 Å². The molecule has 0 bridgehead atoms. The average Bonchev–Trinajstić information content (AvgIpc) is 3.04. The molecule has 0 heterocycles. The van der Waals surface area contributed by atoms with Crippen molar-refractivity contribution in [3.8, 4) is 5.75 Å². The Morgan fingerprint density at radius 1 is 1.36 bits per heavy atom. The van der Waals surface area contributed by atoms with E-state index in [0.29, 0.717) is 18.3 Å². The smallest absolute Gasteiger partial charge is 0.165 e. The molecule has 1 aliphatic rings.